The summed E-state index contributed by atoms with van der Waals surface area (Å²) in [5.74, 6) is 0. The van der Waals surface area contributed by atoms with Crippen LogP contribution in [0, 0.1) is 0 Å². The van der Waals surface area contributed by atoms with E-state index in [1.807, 2.05) is 0 Å². The minimum absolute atomic E-state index is 0.0289. The first-order chi connectivity index (χ1) is 6.47. The Morgan fingerprint density at radius 2 is 1.93 bits per heavy atom. The Balaban J connectivity index is 2.35. The van der Waals surface area contributed by atoms with Gasteiger partial charge in [-0.25, -0.2) is 4.84 Å². The van der Waals surface area contributed by atoms with Crippen molar-refractivity contribution in [1.29, 1.82) is 0 Å². The van der Waals surface area contributed by atoms with Crippen molar-refractivity contribution in [2.24, 2.45) is 0 Å². The zero-order valence-corrected chi connectivity index (χ0v) is 10.2. The highest BCUT2D eigenvalue weighted by Gasteiger charge is 2.28. The third kappa shape index (κ3) is 3.73. The van der Waals surface area contributed by atoms with E-state index in [1.54, 1.807) is 0 Å². The second-order valence-electron chi connectivity index (χ2n) is 5.13. The Kier molecular flexibility index (Phi) is 4.19. The molecule has 0 spiro atoms. The van der Waals surface area contributed by atoms with Crippen molar-refractivity contribution >= 4 is 11.8 Å². The quantitative estimate of drug-likeness (QED) is 0.572. The second kappa shape index (κ2) is 4.79. The topological polar surface area (TPSA) is 21.3 Å². The van der Waals surface area contributed by atoms with E-state index in [4.69, 9.17) is 16.5 Å². The molecule has 0 unspecified atom stereocenters. The first kappa shape index (κ1) is 12.2. The number of ether oxygens (including phenoxy) is 1. The minimum atomic E-state index is 0.0289. The van der Waals surface area contributed by atoms with Gasteiger partial charge in [-0.2, -0.15) is 0 Å². The number of likely N-dealkylation sites (N-methyl/N-ethyl adjacent to an activating group) is 1. The zero-order valence-electron chi connectivity index (χ0n) is 9.48. The maximum Gasteiger partial charge on any atom is 0.102 e. The van der Waals surface area contributed by atoms with Gasteiger partial charge in [0.05, 0.1) is 26.8 Å². The number of halogens is 1. The van der Waals surface area contributed by atoms with Gasteiger partial charge in [0.2, 0.25) is 0 Å². The van der Waals surface area contributed by atoms with Crippen LogP contribution in [-0.2, 0) is 4.74 Å². The molecule has 1 aliphatic rings. The van der Waals surface area contributed by atoms with Crippen LogP contribution in [0.15, 0.2) is 0 Å². The Morgan fingerprint density at radius 3 is 2.43 bits per heavy atom. The molecule has 0 aromatic rings. The molecule has 1 N–H and O–H groups in total. The molecule has 14 heavy (non-hydrogen) atoms. The van der Waals surface area contributed by atoms with E-state index in [2.05, 4.69) is 25.7 Å². The van der Waals surface area contributed by atoms with E-state index in [-0.39, 0.29) is 5.54 Å². The zero-order chi connectivity index (χ0) is 10.7. The SMILES string of the molecule is CC(C)(CC[N+]1(C)CCOCC1)NCl. The van der Waals surface area contributed by atoms with E-state index in [1.165, 1.54) is 0 Å². The van der Waals surface area contributed by atoms with Crippen LogP contribution in [0.25, 0.3) is 0 Å². The summed E-state index contributed by atoms with van der Waals surface area (Å²) in [6, 6.07) is 0. The number of nitrogens with zero attached hydrogens (tertiary/aromatic N) is 1. The van der Waals surface area contributed by atoms with Gasteiger partial charge in [0.1, 0.15) is 13.1 Å². The summed E-state index contributed by atoms with van der Waals surface area (Å²) in [5.41, 5.74) is 0.0289. The fourth-order valence-electron chi connectivity index (χ4n) is 1.60. The Hall–Kier alpha value is 0.170. The largest absolute Gasteiger partial charge is 0.370 e. The van der Waals surface area contributed by atoms with E-state index in [0.717, 1.165) is 43.8 Å². The van der Waals surface area contributed by atoms with Crippen molar-refractivity contribution in [3.05, 3.63) is 0 Å². The molecular weight excluding hydrogens is 200 g/mol. The highest BCUT2D eigenvalue weighted by atomic mass is 35.5. The lowest BCUT2D eigenvalue weighted by Crippen LogP contribution is -2.54. The Bertz CT molecular complexity index is 179. The molecule has 1 fully saturated rings. The number of quaternary nitrogens is 1. The number of hydrogen-bond acceptors (Lipinski definition) is 2. The van der Waals surface area contributed by atoms with Gasteiger partial charge in [-0.05, 0) is 25.6 Å². The molecule has 0 aromatic carbocycles. The van der Waals surface area contributed by atoms with Crippen LogP contribution in [0.4, 0.5) is 0 Å². The fourth-order valence-corrected chi connectivity index (χ4v) is 1.70. The lowest BCUT2D eigenvalue weighted by Gasteiger charge is -2.39. The van der Waals surface area contributed by atoms with Crippen molar-refractivity contribution in [1.82, 2.24) is 4.84 Å². The molecule has 84 valence electrons. The smallest absolute Gasteiger partial charge is 0.102 e. The van der Waals surface area contributed by atoms with Crippen molar-refractivity contribution in [3.8, 4) is 0 Å². The Labute approximate surface area is 92.1 Å². The number of morpholine rings is 1. The molecular formula is C10H22ClN2O+. The predicted molar refractivity (Wildman–Crippen MR) is 59.3 cm³/mol. The van der Waals surface area contributed by atoms with Crippen LogP contribution in [0.5, 0.6) is 0 Å². The van der Waals surface area contributed by atoms with Crippen LogP contribution >= 0.6 is 11.8 Å². The second-order valence-corrected chi connectivity index (χ2v) is 5.32. The summed E-state index contributed by atoms with van der Waals surface area (Å²) >= 11 is 5.67. The monoisotopic (exact) mass is 221 g/mol. The number of nitrogens with one attached hydrogen (secondary N) is 1. The molecule has 0 amide bonds. The van der Waals surface area contributed by atoms with Crippen LogP contribution in [0.1, 0.15) is 20.3 Å². The lowest BCUT2D eigenvalue weighted by atomic mass is 10.0. The molecule has 1 aliphatic heterocycles. The summed E-state index contributed by atoms with van der Waals surface area (Å²) < 4.78 is 6.48. The van der Waals surface area contributed by atoms with Gasteiger partial charge < -0.3 is 9.22 Å². The van der Waals surface area contributed by atoms with Crippen molar-refractivity contribution in [3.63, 3.8) is 0 Å². The molecule has 3 nitrogen and oxygen atoms in total. The molecule has 1 saturated heterocycles. The normalized spacial score (nSPS) is 22.3. The highest BCUT2D eigenvalue weighted by Crippen LogP contribution is 2.15. The molecule has 0 aliphatic carbocycles. The third-order valence-corrected chi connectivity index (χ3v) is 3.59. The summed E-state index contributed by atoms with van der Waals surface area (Å²) in [6.45, 7) is 9.46. The minimum Gasteiger partial charge on any atom is -0.370 e. The van der Waals surface area contributed by atoms with Gasteiger partial charge in [0.15, 0.2) is 0 Å². The standard InChI is InChI=1S/C10H22ClN2O/c1-10(2,12-11)4-5-13(3)6-8-14-9-7-13/h12H,4-9H2,1-3H3/q+1. The average Bonchev–Trinajstić information content (AvgIpc) is 2.17. The van der Waals surface area contributed by atoms with Crippen LogP contribution in [-0.4, -0.2) is 49.9 Å². The summed E-state index contributed by atoms with van der Waals surface area (Å²) in [7, 11) is 2.30. The van der Waals surface area contributed by atoms with Gasteiger partial charge in [-0.15, -0.1) is 0 Å². The molecule has 1 rings (SSSR count). The van der Waals surface area contributed by atoms with Gasteiger partial charge in [-0.1, -0.05) is 0 Å². The molecule has 0 aromatic heterocycles. The van der Waals surface area contributed by atoms with E-state index in [0.29, 0.717) is 0 Å². The fraction of sp³-hybridized carbons (Fsp3) is 1.00. The highest BCUT2D eigenvalue weighted by molar-refractivity contribution is 6.13. The summed E-state index contributed by atoms with van der Waals surface area (Å²) in [6.07, 6.45) is 1.09. The summed E-state index contributed by atoms with van der Waals surface area (Å²) in [4.78, 5) is 2.83. The van der Waals surface area contributed by atoms with Gasteiger partial charge in [0.25, 0.3) is 0 Å². The molecule has 4 heteroatoms. The van der Waals surface area contributed by atoms with Gasteiger partial charge in [0, 0.05) is 12.0 Å². The first-order valence-corrected chi connectivity index (χ1v) is 5.64. The lowest BCUT2D eigenvalue weighted by molar-refractivity contribution is -0.917. The predicted octanol–water partition coefficient (Wildman–Crippen LogP) is 1.38. The van der Waals surface area contributed by atoms with E-state index >= 15 is 0 Å². The molecule has 1 heterocycles. The number of rotatable bonds is 4. The van der Waals surface area contributed by atoms with E-state index in [9.17, 15) is 0 Å². The molecule has 0 atom stereocenters. The maximum absolute atomic E-state index is 5.67. The average molecular weight is 222 g/mol. The first-order valence-electron chi connectivity index (χ1n) is 5.27. The van der Waals surface area contributed by atoms with Crippen LogP contribution in [0.2, 0.25) is 0 Å². The van der Waals surface area contributed by atoms with Gasteiger partial charge in [-0.3, -0.25) is 0 Å². The van der Waals surface area contributed by atoms with Crippen LogP contribution in [0.3, 0.4) is 0 Å². The van der Waals surface area contributed by atoms with Gasteiger partial charge >= 0.3 is 0 Å². The molecule has 0 saturated carbocycles. The van der Waals surface area contributed by atoms with Crippen molar-refractivity contribution < 1.29 is 9.22 Å². The van der Waals surface area contributed by atoms with Crippen molar-refractivity contribution in [2.75, 3.05) is 39.9 Å². The van der Waals surface area contributed by atoms with Crippen LogP contribution < -0.4 is 4.84 Å². The maximum atomic E-state index is 5.67. The summed E-state index contributed by atoms with van der Waals surface area (Å²) in [5, 5.41) is 0. The molecule has 0 bridgehead atoms. The molecule has 0 radical (unpaired) electrons. The Morgan fingerprint density at radius 1 is 1.36 bits per heavy atom. The van der Waals surface area contributed by atoms with E-state index < -0.39 is 0 Å². The third-order valence-electron chi connectivity index (χ3n) is 3.08. The number of hydrogen-bond donors (Lipinski definition) is 1. The van der Waals surface area contributed by atoms with Crippen molar-refractivity contribution in [2.45, 2.75) is 25.8 Å².